The number of fused-ring (bicyclic) bond motifs is 1. The number of carboxylic acids is 1. The molecule has 1 unspecified atom stereocenters. The Morgan fingerprint density at radius 1 is 1.38 bits per heavy atom. The number of aliphatic carboxylic acids is 1. The molecular formula is C16H23N3O5. The van der Waals surface area contributed by atoms with Gasteiger partial charge in [0.2, 0.25) is 11.8 Å². The van der Waals surface area contributed by atoms with Crippen LogP contribution in [0.4, 0.5) is 0 Å². The van der Waals surface area contributed by atoms with Crippen LogP contribution in [0.3, 0.4) is 0 Å². The van der Waals surface area contributed by atoms with Crippen molar-refractivity contribution in [3.8, 4) is 0 Å². The smallest absolute Gasteiger partial charge is 0.352 e. The van der Waals surface area contributed by atoms with E-state index in [0.717, 1.165) is 0 Å². The molecule has 3 aliphatic rings. The highest BCUT2D eigenvalue weighted by Crippen LogP contribution is 2.47. The fraction of sp³-hybridized carbons (Fsp3) is 0.688. The minimum absolute atomic E-state index is 0.0332. The van der Waals surface area contributed by atoms with Gasteiger partial charge in [0.1, 0.15) is 5.70 Å². The Balaban J connectivity index is 1.82. The molecule has 3 heterocycles. The second-order valence-corrected chi connectivity index (χ2v) is 7.05. The summed E-state index contributed by atoms with van der Waals surface area (Å²) in [6.07, 6.45) is 0.188. The van der Waals surface area contributed by atoms with Gasteiger partial charge in [0.25, 0.3) is 0 Å². The molecule has 8 heteroatoms. The zero-order valence-corrected chi connectivity index (χ0v) is 14.0. The fourth-order valence-corrected chi connectivity index (χ4v) is 4.17. The van der Waals surface area contributed by atoms with E-state index >= 15 is 0 Å². The molecule has 132 valence electrons. The van der Waals surface area contributed by atoms with Crippen LogP contribution in [0.25, 0.3) is 0 Å². The van der Waals surface area contributed by atoms with Crippen LogP contribution in [0.5, 0.6) is 0 Å². The number of carboxylic acid groups (broad SMARTS) is 1. The molecule has 5 atom stereocenters. The average Bonchev–Trinajstić information content (AvgIpc) is 3.07. The third-order valence-corrected chi connectivity index (χ3v) is 5.33. The average molecular weight is 337 g/mol. The molecule has 2 saturated heterocycles. The van der Waals surface area contributed by atoms with E-state index in [1.54, 1.807) is 21.0 Å². The number of hydrogen-bond donors (Lipinski definition) is 3. The number of β-lactam (4-membered cyclic amide) rings is 1. The molecule has 8 nitrogen and oxygen atoms in total. The lowest BCUT2D eigenvalue weighted by molar-refractivity contribution is -0.161. The van der Waals surface area contributed by atoms with Gasteiger partial charge in [-0.2, -0.15) is 0 Å². The van der Waals surface area contributed by atoms with Gasteiger partial charge in [0, 0.05) is 20.6 Å². The van der Waals surface area contributed by atoms with Crippen LogP contribution in [0, 0.1) is 11.8 Å². The minimum Gasteiger partial charge on any atom is -0.477 e. The zero-order chi connectivity index (χ0) is 17.8. The standard InChI is InChI=1S/C16H23N3O5/c1-7(20)12-11-5-9(13(16(23)24)19(11)15(12)22)8-4-10(17-6-8)14(21)18(2)3/h7-8,10-12,17,20H,4-6H2,1-3H3,(H,23,24)/t7-,8?,10+,11-,12-/m1/s1. The van der Waals surface area contributed by atoms with E-state index in [1.807, 2.05) is 0 Å². The first-order valence-electron chi connectivity index (χ1n) is 8.16. The van der Waals surface area contributed by atoms with Gasteiger partial charge >= 0.3 is 5.97 Å². The molecule has 2 fully saturated rings. The van der Waals surface area contributed by atoms with Gasteiger partial charge in [-0.3, -0.25) is 9.59 Å². The molecule has 0 aromatic rings. The molecule has 0 aliphatic carbocycles. The topological polar surface area (TPSA) is 110 Å². The second-order valence-electron chi connectivity index (χ2n) is 7.05. The maximum atomic E-state index is 12.2. The van der Waals surface area contributed by atoms with Gasteiger partial charge in [-0.15, -0.1) is 0 Å². The normalized spacial score (nSPS) is 33.3. The summed E-state index contributed by atoms with van der Waals surface area (Å²) in [5, 5.41) is 22.5. The largest absolute Gasteiger partial charge is 0.477 e. The molecular weight excluding hydrogens is 314 g/mol. The van der Waals surface area contributed by atoms with E-state index in [2.05, 4.69) is 5.32 Å². The lowest BCUT2D eigenvalue weighted by Crippen LogP contribution is -2.61. The van der Waals surface area contributed by atoms with E-state index in [1.165, 1.54) is 9.80 Å². The number of aliphatic hydroxyl groups is 1. The lowest BCUT2D eigenvalue weighted by Gasteiger charge is -2.44. The zero-order valence-electron chi connectivity index (χ0n) is 14.0. The highest BCUT2D eigenvalue weighted by atomic mass is 16.4. The molecule has 2 amide bonds. The van der Waals surface area contributed by atoms with Crippen LogP contribution in [-0.2, 0) is 14.4 Å². The minimum atomic E-state index is -1.12. The van der Waals surface area contributed by atoms with E-state index < -0.39 is 18.0 Å². The Bertz CT molecular complexity index is 627. The quantitative estimate of drug-likeness (QED) is 0.568. The maximum Gasteiger partial charge on any atom is 0.352 e. The van der Waals surface area contributed by atoms with Crippen LogP contribution in [0.2, 0.25) is 0 Å². The summed E-state index contributed by atoms with van der Waals surface area (Å²) in [6, 6.07) is -0.605. The van der Waals surface area contributed by atoms with Gasteiger partial charge in [0.05, 0.1) is 24.1 Å². The van der Waals surface area contributed by atoms with Crippen molar-refractivity contribution in [2.75, 3.05) is 20.6 Å². The SMILES string of the molecule is C[C@@H](O)[C@H]1C(=O)N2C(C(=O)O)=C(C3CN[C@H](C(=O)N(C)C)C3)C[C@H]12. The number of hydrogen-bond acceptors (Lipinski definition) is 5. The maximum absolute atomic E-state index is 12.2. The van der Waals surface area contributed by atoms with Gasteiger partial charge in [0.15, 0.2) is 0 Å². The summed E-state index contributed by atoms with van der Waals surface area (Å²) >= 11 is 0. The molecule has 0 bridgehead atoms. The number of likely N-dealkylation sites (N-methyl/N-ethyl adjacent to an activating group) is 1. The number of nitrogens with zero attached hydrogens (tertiary/aromatic N) is 2. The van der Waals surface area contributed by atoms with E-state index in [9.17, 15) is 24.6 Å². The number of carbonyl (C=O) groups excluding carboxylic acids is 2. The van der Waals surface area contributed by atoms with Crippen LogP contribution in [0.15, 0.2) is 11.3 Å². The summed E-state index contributed by atoms with van der Waals surface area (Å²) in [6.45, 7) is 2.08. The molecule has 0 aromatic heterocycles. The van der Waals surface area contributed by atoms with Crippen molar-refractivity contribution in [2.24, 2.45) is 11.8 Å². The van der Waals surface area contributed by atoms with Crippen molar-refractivity contribution < 1.29 is 24.6 Å². The van der Waals surface area contributed by atoms with Crippen LogP contribution in [0.1, 0.15) is 19.8 Å². The monoisotopic (exact) mass is 337 g/mol. The lowest BCUT2D eigenvalue weighted by atomic mass is 9.81. The van der Waals surface area contributed by atoms with Crippen molar-refractivity contribution in [3.05, 3.63) is 11.3 Å². The predicted molar refractivity (Wildman–Crippen MR) is 83.7 cm³/mol. The second kappa shape index (κ2) is 5.86. The number of rotatable bonds is 4. The molecule has 0 spiro atoms. The first-order chi connectivity index (χ1) is 11.2. The Morgan fingerprint density at radius 2 is 2.04 bits per heavy atom. The number of nitrogens with one attached hydrogen (secondary N) is 1. The number of aliphatic hydroxyl groups excluding tert-OH is 1. The van der Waals surface area contributed by atoms with Crippen LogP contribution < -0.4 is 5.32 Å². The van der Waals surface area contributed by atoms with E-state index in [0.29, 0.717) is 25.0 Å². The van der Waals surface area contributed by atoms with Gasteiger partial charge in [-0.1, -0.05) is 0 Å². The highest BCUT2D eigenvalue weighted by Gasteiger charge is 2.57. The van der Waals surface area contributed by atoms with Gasteiger partial charge in [-0.25, -0.2) is 4.79 Å². The number of amides is 2. The van der Waals surface area contributed by atoms with Crippen molar-refractivity contribution in [3.63, 3.8) is 0 Å². The molecule has 0 aromatic carbocycles. The van der Waals surface area contributed by atoms with Crippen molar-refractivity contribution in [1.29, 1.82) is 0 Å². The Morgan fingerprint density at radius 3 is 2.58 bits per heavy atom. The summed E-state index contributed by atoms with van der Waals surface area (Å²) < 4.78 is 0. The molecule has 0 radical (unpaired) electrons. The fourth-order valence-electron chi connectivity index (χ4n) is 4.17. The number of carbonyl (C=O) groups is 3. The summed E-state index contributed by atoms with van der Waals surface area (Å²) in [5.41, 5.74) is 0.761. The highest BCUT2D eigenvalue weighted by molar-refractivity contribution is 5.99. The Hall–Kier alpha value is -1.93. The Kier molecular flexibility index (Phi) is 4.13. The van der Waals surface area contributed by atoms with Gasteiger partial charge in [-0.05, 0) is 31.3 Å². The molecule has 3 rings (SSSR count). The molecule has 3 N–H and O–H groups in total. The van der Waals surface area contributed by atoms with E-state index in [4.69, 9.17) is 0 Å². The van der Waals surface area contributed by atoms with Crippen LogP contribution >= 0.6 is 0 Å². The third-order valence-electron chi connectivity index (χ3n) is 5.33. The molecule has 3 aliphatic heterocycles. The van der Waals surface area contributed by atoms with Gasteiger partial charge < -0.3 is 25.3 Å². The molecule has 24 heavy (non-hydrogen) atoms. The Labute approximate surface area is 140 Å². The first-order valence-corrected chi connectivity index (χ1v) is 8.16. The summed E-state index contributed by atoms with van der Waals surface area (Å²) in [5.74, 6) is -2.10. The third kappa shape index (κ3) is 2.41. The first kappa shape index (κ1) is 16.9. The van der Waals surface area contributed by atoms with E-state index in [-0.39, 0.29) is 35.5 Å². The molecule has 0 saturated carbocycles. The summed E-state index contributed by atoms with van der Waals surface area (Å²) in [7, 11) is 3.37. The summed E-state index contributed by atoms with van der Waals surface area (Å²) in [4.78, 5) is 38.8. The predicted octanol–water partition coefficient (Wildman–Crippen LogP) is -0.997. The van der Waals surface area contributed by atoms with Crippen molar-refractivity contribution >= 4 is 17.8 Å². The van der Waals surface area contributed by atoms with Crippen molar-refractivity contribution in [1.82, 2.24) is 15.1 Å². The van der Waals surface area contributed by atoms with Crippen molar-refractivity contribution in [2.45, 2.75) is 38.0 Å². The van der Waals surface area contributed by atoms with Crippen LogP contribution in [-0.4, -0.2) is 76.6 Å².